The van der Waals surface area contributed by atoms with E-state index in [1.54, 1.807) is 4.52 Å². The number of esters is 1. The van der Waals surface area contributed by atoms with Gasteiger partial charge in [0.15, 0.2) is 5.82 Å². The standard InChI is InChI=1S/C14H22N4O2S/c1-7-20-11(19)9(8(2)3)10-17-18-12(14(4,5)6)15-16-13(18)21-10/h8-9H,7H2,1-6H3. The molecule has 7 heteroatoms. The second-order valence-electron chi connectivity index (χ2n) is 6.38. The van der Waals surface area contributed by atoms with Crippen LogP contribution in [-0.4, -0.2) is 32.4 Å². The Labute approximate surface area is 128 Å². The van der Waals surface area contributed by atoms with Crippen molar-refractivity contribution >= 4 is 22.3 Å². The van der Waals surface area contributed by atoms with Gasteiger partial charge in [0.2, 0.25) is 4.96 Å². The molecule has 21 heavy (non-hydrogen) atoms. The Bertz CT molecular complexity index is 639. The minimum absolute atomic E-state index is 0.117. The number of hydrogen-bond donors (Lipinski definition) is 0. The number of rotatable bonds is 4. The highest BCUT2D eigenvalue weighted by atomic mass is 32.1. The van der Waals surface area contributed by atoms with Crippen LogP contribution in [-0.2, 0) is 14.9 Å². The molecule has 1 unspecified atom stereocenters. The van der Waals surface area contributed by atoms with Gasteiger partial charge in [0.05, 0.1) is 6.61 Å². The SMILES string of the molecule is CCOC(=O)C(c1nn2c(C(C)(C)C)nnc2s1)C(C)C. The smallest absolute Gasteiger partial charge is 0.316 e. The van der Waals surface area contributed by atoms with E-state index in [4.69, 9.17) is 4.74 Å². The lowest BCUT2D eigenvalue weighted by atomic mass is 9.96. The van der Waals surface area contributed by atoms with Crippen LogP contribution in [0.25, 0.3) is 4.96 Å². The number of hydrogen-bond acceptors (Lipinski definition) is 6. The number of fused-ring (bicyclic) bond motifs is 1. The Morgan fingerprint density at radius 1 is 1.33 bits per heavy atom. The molecule has 0 aromatic carbocycles. The molecule has 0 aliphatic heterocycles. The monoisotopic (exact) mass is 310 g/mol. The minimum Gasteiger partial charge on any atom is -0.465 e. The van der Waals surface area contributed by atoms with E-state index in [2.05, 4.69) is 36.1 Å². The zero-order valence-corrected chi connectivity index (χ0v) is 14.2. The molecule has 116 valence electrons. The average molecular weight is 310 g/mol. The highest BCUT2D eigenvalue weighted by molar-refractivity contribution is 7.16. The molecule has 0 N–H and O–H groups in total. The first-order valence-electron chi connectivity index (χ1n) is 7.15. The summed E-state index contributed by atoms with van der Waals surface area (Å²) in [5.41, 5.74) is -0.151. The highest BCUT2D eigenvalue weighted by Gasteiger charge is 2.31. The maximum atomic E-state index is 12.2. The molecule has 0 aliphatic carbocycles. The van der Waals surface area contributed by atoms with Crippen molar-refractivity contribution in [1.29, 1.82) is 0 Å². The summed E-state index contributed by atoms with van der Waals surface area (Å²) in [4.78, 5) is 12.9. The second kappa shape index (κ2) is 5.71. The van der Waals surface area contributed by atoms with Crippen LogP contribution in [0.1, 0.15) is 58.3 Å². The fourth-order valence-corrected chi connectivity index (χ4v) is 3.22. The quantitative estimate of drug-likeness (QED) is 0.812. The van der Waals surface area contributed by atoms with Crippen LogP contribution in [0.5, 0.6) is 0 Å². The second-order valence-corrected chi connectivity index (χ2v) is 7.37. The van der Waals surface area contributed by atoms with Gasteiger partial charge >= 0.3 is 5.97 Å². The lowest BCUT2D eigenvalue weighted by Gasteiger charge is -2.16. The predicted molar refractivity (Wildman–Crippen MR) is 81.6 cm³/mol. The van der Waals surface area contributed by atoms with Crippen LogP contribution in [0.2, 0.25) is 0 Å². The maximum absolute atomic E-state index is 12.2. The van der Waals surface area contributed by atoms with Gasteiger partial charge in [-0.2, -0.15) is 9.61 Å². The molecule has 2 aromatic heterocycles. The molecule has 0 radical (unpaired) electrons. The van der Waals surface area contributed by atoms with E-state index < -0.39 is 0 Å². The van der Waals surface area contributed by atoms with Crippen molar-refractivity contribution in [3.05, 3.63) is 10.8 Å². The molecule has 2 rings (SSSR count). The van der Waals surface area contributed by atoms with E-state index in [0.717, 1.165) is 10.8 Å². The first-order valence-corrected chi connectivity index (χ1v) is 7.96. The molecule has 0 aliphatic rings. The Morgan fingerprint density at radius 3 is 2.52 bits per heavy atom. The molecule has 1 atom stereocenters. The Kier molecular flexibility index (Phi) is 4.32. The fraction of sp³-hybridized carbons (Fsp3) is 0.714. The summed E-state index contributed by atoms with van der Waals surface area (Å²) in [7, 11) is 0. The molecule has 2 heterocycles. The zero-order chi connectivity index (χ0) is 15.8. The Hall–Kier alpha value is -1.50. The molecular formula is C14H22N4O2S. The highest BCUT2D eigenvalue weighted by Crippen LogP contribution is 2.31. The van der Waals surface area contributed by atoms with Gasteiger partial charge < -0.3 is 4.74 Å². The third-order valence-electron chi connectivity index (χ3n) is 3.15. The third-order valence-corrected chi connectivity index (χ3v) is 4.13. The lowest BCUT2D eigenvalue weighted by molar-refractivity contribution is -0.146. The fourth-order valence-electron chi connectivity index (χ4n) is 2.12. The number of ether oxygens (including phenoxy) is 1. The number of aromatic nitrogens is 4. The van der Waals surface area contributed by atoms with Crippen LogP contribution >= 0.6 is 11.3 Å². The minimum atomic E-state index is -0.357. The first kappa shape index (κ1) is 15.9. The van der Waals surface area contributed by atoms with Crippen LogP contribution in [0.4, 0.5) is 0 Å². The molecule has 0 amide bonds. The van der Waals surface area contributed by atoms with Crippen molar-refractivity contribution in [1.82, 2.24) is 19.8 Å². The van der Waals surface area contributed by atoms with E-state index in [0.29, 0.717) is 11.6 Å². The van der Waals surface area contributed by atoms with E-state index in [1.807, 2.05) is 20.8 Å². The summed E-state index contributed by atoms with van der Waals surface area (Å²) in [6.07, 6.45) is 0. The van der Waals surface area contributed by atoms with Crippen molar-refractivity contribution in [3.63, 3.8) is 0 Å². The summed E-state index contributed by atoms with van der Waals surface area (Å²) in [6.45, 7) is 12.4. The molecule has 0 spiro atoms. The van der Waals surface area contributed by atoms with Crippen LogP contribution in [0.3, 0.4) is 0 Å². The van der Waals surface area contributed by atoms with Gasteiger partial charge in [-0.3, -0.25) is 4.79 Å². The van der Waals surface area contributed by atoms with E-state index >= 15 is 0 Å². The molecule has 2 aromatic rings. The normalized spacial score (nSPS) is 13.9. The van der Waals surface area contributed by atoms with Gasteiger partial charge in [-0.1, -0.05) is 46.0 Å². The molecule has 0 fully saturated rings. The van der Waals surface area contributed by atoms with Crippen molar-refractivity contribution in [2.75, 3.05) is 6.61 Å². The Balaban J connectivity index is 2.46. The van der Waals surface area contributed by atoms with Crippen LogP contribution in [0, 0.1) is 5.92 Å². The van der Waals surface area contributed by atoms with Gasteiger partial charge in [0, 0.05) is 5.41 Å². The first-order chi connectivity index (χ1) is 9.75. The molecule has 0 saturated heterocycles. The number of carbonyl (C=O) groups is 1. The third kappa shape index (κ3) is 3.07. The van der Waals surface area contributed by atoms with Crippen molar-refractivity contribution < 1.29 is 9.53 Å². The summed E-state index contributed by atoms with van der Waals surface area (Å²) < 4.78 is 6.92. The molecule has 0 bridgehead atoms. The van der Waals surface area contributed by atoms with Crippen molar-refractivity contribution in [2.24, 2.45) is 5.92 Å². The van der Waals surface area contributed by atoms with Gasteiger partial charge in [0.25, 0.3) is 0 Å². The van der Waals surface area contributed by atoms with Crippen LogP contribution in [0.15, 0.2) is 0 Å². The number of nitrogens with zero attached hydrogens (tertiary/aromatic N) is 4. The summed E-state index contributed by atoms with van der Waals surface area (Å²) in [6, 6.07) is 0. The summed E-state index contributed by atoms with van der Waals surface area (Å²) in [5.74, 6) is 0.330. The van der Waals surface area contributed by atoms with Gasteiger partial charge in [-0.05, 0) is 12.8 Å². The van der Waals surface area contributed by atoms with E-state index in [9.17, 15) is 4.79 Å². The molecular weight excluding hydrogens is 288 g/mol. The lowest BCUT2D eigenvalue weighted by Crippen LogP contribution is -2.21. The van der Waals surface area contributed by atoms with Crippen LogP contribution < -0.4 is 0 Å². The zero-order valence-electron chi connectivity index (χ0n) is 13.4. The molecule has 6 nitrogen and oxygen atoms in total. The average Bonchev–Trinajstić information content (AvgIpc) is 2.86. The van der Waals surface area contributed by atoms with Crippen molar-refractivity contribution in [2.45, 2.75) is 52.9 Å². The van der Waals surface area contributed by atoms with Gasteiger partial charge in [-0.15, -0.1) is 10.2 Å². The van der Waals surface area contributed by atoms with Crippen molar-refractivity contribution in [3.8, 4) is 0 Å². The van der Waals surface area contributed by atoms with Gasteiger partial charge in [0.1, 0.15) is 10.9 Å². The van der Waals surface area contributed by atoms with E-state index in [1.165, 1.54) is 11.3 Å². The molecule has 0 saturated carbocycles. The predicted octanol–water partition coefficient (Wildman–Crippen LogP) is 2.79. The Morgan fingerprint density at radius 2 is 2.00 bits per heavy atom. The van der Waals surface area contributed by atoms with E-state index in [-0.39, 0.29) is 23.2 Å². The maximum Gasteiger partial charge on any atom is 0.316 e. The summed E-state index contributed by atoms with van der Waals surface area (Å²) >= 11 is 1.40. The van der Waals surface area contributed by atoms with Gasteiger partial charge in [-0.25, -0.2) is 0 Å². The number of carbonyl (C=O) groups excluding carboxylic acids is 1. The topological polar surface area (TPSA) is 69.4 Å². The largest absolute Gasteiger partial charge is 0.465 e. The summed E-state index contributed by atoms with van der Waals surface area (Å²) in [5, 5.41) is 13.7.